The molecular weight excluding hydrogens is 443 g/mol. The first-order valence-corrected chi connectivity index (χ1v) is 10.5. The van der Waals surface area contributed by atoms with Gasteiger partial charge in [-0.2, -0.15) is 5.10 Å². The van der Waals surface area contributed by atoms with Crippen molar-refractivity contribution in [2.45, 2.75) is 17.9 Å². The second kappa shape index (κ2) is 9.68. The number of nitrogens with zero attached hydrogens (tertiary/aromatic N) is 3. The van der Waals surface area contributed by atoms with Crippen molar-refractivity contribution in [2.75, 3.05) is 33.1 Å². The van der Waals surface area contributed by atoms with E-state index in [-0.39, 0.29) is 20.6 Å². The molecule has 0 saturated carbocycles. The topological polar surface area (TPSA) is 111 Å². The van der Waals surface area contributed by atoms with E-state index in [1.807, 2.05) is 0 Å². The molecule has 0 aliphatic heterocycles. The molecule has 0 aliphatic rings. The van der Waals surface area contributed by atoms with E-state index in [1.54, 1.807) is 12.1 Å². The zero-order chi connectivity index (χ0) is 21.8. The van der Waals surface area contributed by atoms with Crippen LogP contribution in [0.1, 0.15) is 5.56 Å². The number of aromatic nitrogens is 2. The van der Waals surface area contributed by atoms with E-state index in [0.717, 1.165) is 15.2 Å². The minimum absolute atomic E-state index is 0.0153. The first-order valence-electron chi connectivity index (χ1n) is 8.33. The smallest absolute Gasteiger partial charge is 0.287 e. The summed E-state index contributed by atoms with van der Waals surface area (Å²) in [6.07, 6.45) is 1.54. The molecule has 0 unspecified atom stereocenters. The molecule has 0 aliphatic carbocycles. The fourth-order valence-electron chi connectivity index (χ4n) is 2.38. The Labute approximate surface area is 178 Å². The summed E-state index contributed by atoms with van der Waals surface area (Å²) in [7, 11) is 0.615. The third kappa shape index (κ3) is 5.55. The van der Waals surface area contributed by atoms with Gasteiger partial charge in [-0.25, -0.2) is 17.4 Å². The lowest BCUT2D eigenvalue weighted by Gasteiger charge is -2.17. The molecule has 9 nitrogen and oxygen atoms in total. The standard InChI is InChI=1S/C17H20Cl2N4O5S/c1-22(2)29(26,27)14-8-12(5-4-11(14)6-7-28-3)21-15(24)10-23-17(25)16(19)13(18)9-20-23/h4-5,8-9H,6-7,10H2,1-3H3,(H,21,24). The van der Waals surface area contributed by atoms with Gasteiger partial charge in [0.05, 0.1) is 22.7 Å². The lowest BCUT2D eigenvalue weighted by molar-refractivity contribution is -0.117. The maximum atomic E-state index is 12.6. The lowest BCUT2D eigenvalue weighted by atomic mass is 10.1. The number of hydrogen-bond donors (Lipinski definition) is 1. The summed E-state index contributed by atoms with van der Waals surface area (Å²) >= 11 is 11.5. The normalized spacial score (nSPS) is 11.7. The van der Waals surface area contributed by atoms with Crippen molar-refractivity contribution < 1.29 is 17.9 Å². The Kier molecular flexibility index (Phi) is 7.78. The van der Waals surface area contributed by atoms with Crippen molar-refractivity contribution in [3.8, 4) is 0 Å². The molecule has 29 heavy (non-hydrogen) atoms. The van der Waals surface area contributed by atoms with Gasteiger partial charge < -0.3 is 10.1 Å². The number of amides is 1. The number of benzene rings is 1. The zero-order valence-corrected chi connectivity index (χ0v) is 18.3. The summed E-state index contributed by atoms with van der Waals surface area (Å²) < 4.78 is 32.3. The molecule has 0 saturated heterocycles. The lowest BCUT2D eigenvalue weighted by Crippen LogP contribution is -2.30. The monoisotopic (exact) mass is 462 g/mol. The number of sulfonamides is 1. The van der Waals surface area contributed by atoms with Crippen LogP contribution in [0.25, 0.3) is 0 Å². The molecule has 1 heterocycles. The summed E-state index contributed by atoms with van der Waals surface area (Å²) in [6, 6.07) is 4.54. The van der Waals surface area contributed by atoms with Gasteiger partial charge in [-0.15, -0.1) is 0 Å². The Balaban J connectivity index is 2.30. The van der Waals surface area contributed by atoms with Crippen LogP contribution in [0.4, 0.5) is 5.69 Å². The largest absolute Gasteiger partial charge is 0.384 e. The molecule has 1 aromatic heterocycles. The second-order valence-electron chi connectivity index (χ2n) is 6.17. The van der Waals surface area contributed by atoms with Crippen LogP contribution in [0.5, 0.6) is 0 Å². The molecule has 0 spiro atoms. The van der Waals surface area contributed by atoms with Gasteiger partial charge in [0, 0.05) is 26.9 Å². The van der Waals surface area contributed by atoms with Crippen molar-refractivity contribution >= 4 is 44.8 Å². The van der Waals surface area contributed by atoms with E-state index in [9.17, 15) is 18.0 Å². The minimum atomic E-state index is -3.75. The molecule has 2 rings (SSSR count). The summed E-state index contributed by atoms with van der Waals surface area (Å²) in [5, 5.41) is 6.06. The van der Waals surface area contributed by atoms with Gasteiger partial charge in [0.25, 0.3) is 5.56 Å². The maximum Gasteiger partial charge on any atom is 0.287 e. The highest BCUT2D eigenvalue weighted by atomic mass is 35.5. The molecule has 12 heteroatoms. The van der Waals surface area contributed by atoms with Crippen LogP contribution < -0.4 is 10.9 Å². The average molecular weight is 463 g/mol. The number of ether oxygens (including phenoxy) is 1. The molecule has 0 fully saturated rings. The number of rotatable bonds is 8. The molecule has 0 bridgehead atoms. The van der Waals surface area contributed by atoms with Crippen molar-refractivity contribution in [2.24, 2.45) is 0 Å². The molecule has 1 N–H and O–H groups in total. The van der Waals surface area contributed by atoms with Crippen LogP contribution in [-0.2, 0) is 32.5 Å². The predicted octanol–water partition coefficient (Wildman–Crippen LogP) is 1.63. The molecule has 1 aromatic carbocycles. The molecule has 0 atom stereocenters. The predicted molar refractivity (Wildman–Crippen MR) is 110 cm³/mol. The van der Waals surface area contributed by atoms with Crippen LogP contribution in [0, 0.1) is 0 Å². The minimum Gasteiger partial charge on any atom is -0.384 e. The average Bonchev–Trinajstić information content (AvgIpc) is 2.67. The maximum absolute atomic E-state index is 12.6. The van der Waals surface area contributed by atoms with Crippen LogP contribution in [-0.4, -0.2) is 56.2 Å². The Morgan fingerprint density at radius 1 is 1.31 bits per heavy atom. The highest BCUT2D eigenvalue weighted by Gasteiger charge is 2.22. The Morgan fingerprint density at radius 3 is 2.62 bits per heavy atom. The summed E-state index contributed by atoms with van der Waals surface area (Å²) in [6.45, 7) is -0.0789. The number of anilines is 1. The molecule has 0 radical (unpaired) electrons. The van der Waals surface area contributed by atoms with Gasteiger partial charge >= 0.3 is 0 Å². The fraction of sp³-hybridized carbons (Fsp3) is 0.353. The number of carbonyl (C=O) groups is 1. The highest BCUT2D eigenvalue weighted by molar-refractivity contribution is 7.89. The van der Waals surface area contributed by atoms with E-state index >= 15 is 0 Å². The van der Waals surface area contributed by atoms with Crippen molar-refractivity contribution in [1.29, 1.82) is 0 Å². The third-order valence-electron chi connectivity index (χ3n) is 3.92. The molecule has 158 valence electrons. The molecule has 2 aromatic rings. The molecular formula is C17H20Cl2N4O5S. The number of nitrogens with one attached hydrogen (secondary N) is 1. The van der Waals surface area contributed by atoms with E-state index in [1.165, 1.54) is 27.3 Å². The van der Waals surface area contributed by atoms with Gasteiger partial charge in [0.2, 0.25) is 15.9 Å². The summed E-state index contributed by atoms with van der Waals surface area (Å²) in [5.41, 5.74) is 0.103. The van der Waals surface area contributed by atoms with E-state index in [2.05, 4.69) is 10.4 Å². The first kappa shape index (κ1) is 23.3. The quantitative estimate of drug-likeness (QED) is 0.637. The van der Waals surface area contributed by atoms with Crippen LogP contribution in [0.3, 0.4) is 0 Å². The van der Waals surface area contributed by atoms with E-state index in [4.69, 9.17) is 27.9 Å². The second-order valence-corrected chi connectivity index (χ2v) is 9.08. The SMILES string of the molecule is COCCc1ccc(NC(=O)Cn2ncc(Cl)c(Cl)c2=O)cc1S(=O)(=O)N(C)C. The van der Waals surface area contributed by atoms with Crippen LogP contribution >= 0.6 is 23.2 Å². The van der Waals surface area contributed by atoms with Crippen LogP contribution in [0.15, 0.2) is 34.1 Å². The Bertz CT molecular complexity index is 1070. The van der Waals surface area contributed by atoms with Gasteiger partial charge in [0.1, 0.15) is 11.6 Å². The van der Waals surface area contributed by atoms with E-state index < -0.39 is 28.0 Å². The van der Waals surface area contributed by atoms with Crippen LogP contribution in [0.2, 0.25) is 10.0 Å². The van der Waals surface area contributed by atoms with Crippen molar-refractivity contribution in [3.63, 3.8) is 0 Å². The van der Waals surface area contributed by atoms with Gasteiger partial charge in [-0.3, -0.25) is 9.59 Å². The Hall–Kier alpha value is -1.98. The first-order chi connectivity index (χ1) is 13.6. The number of carbonyl (C=O) groups excluding carboxylic acids is 1. The van der Waals surface area contributed by atoms with Gasteiger partial charge in [0.15, 0.2) is 0 Å². The van der Waals surface area contributed by atoms with Crippen molar-refractivity contribution in [3.05, 3.63) is 50.4 Å². The summed E-state index contributed by atoms with van der Waals surface area (Å²) in [4.78, 5) is 24.4. The number of hydrogen-bond acceptors (Lipinski definition) is 6. The van der Waals surface area contributed by atoms with Crippen molar-refractivity contribution in [1.82, 2.24) is 14.1 Å². The Morgan fingerprint density at radius 2 is 2.00 bits per heavy atom. The number of halogens is 2. The van der Waals surface area contributed by atoms with Gasteiger partial charge in [-0.05, 0) is 24.1 Å². The fourth-order valence-corrected chi connectivity index (χ4v) is 3.82. The number of methoxy groups -OCH3 is 1. The van der Waals surface area contributed by atoms with Gasteiger partial charge in [-0.1, -0.05) is 29.3 Å². The van der Waals surface area contributed by atoms with E-state index in [0.29, 0.717) is 18.6 Å². The third-order valence-corrected chi connectivity index (χ3v) is 6.57. The molecule has 1 amide bonds. The zero-order valence-electron chi connectivity index (χ0n) is 16.0. The summed E-state index contributed by atoms with van der Waals surface area (Å²) in [5.74, 6) is -0.587. The highest BCUT2D eigenvalue weighted by Crippen LogP contribution is 2.24.